The highest BCUT2D eigenvalue weighted by atomic mass is 16.5. The van der Waals surface area contributed by atoms with E-state index >= 15 is 0 Å². The number of hydrogen-bond donors (Lipinski definition) is 0. The van der Waals surface area contributed by atoms with Crippen molar-refractivity contribution < 1.29 is 23.8 Å². The summed E-state index contributed by atoms with van der Waals surface area (Å²) in [7, 11) is 4.82. The molecule has 1 aliphatic rings. The molecule has 1 saturated heterocycles. The Morgan fingerprint density at radius 3 is 1.90 bits per heavy atom. The maximum Gasteiger partial charge on any atom is 0.227 e. The van der Waals surface area contributed by atoms with Gasteiger partial charge in [0.1, 0.15) is 5.75 Å². The lowest BCUT2D eigenvalue weighted by Gasteiger charge is -2.35. The molecule has 1 aliphatic heterocycles. The smallest absolute Gasteiger partial charge is 0.227 e. The largest absolute Gasteiger partial charge is 0.497 e. The van der Waals surface area contributed by atoms with Gasteiger partial charge in [0.05, 0.1) is 27.8 Å². The molecule has 0 aromatic heterocycles. The van der Waals surface area contributed by atoms with Crippen molar-refractivity contribution in [3.8, 4) is 17.2 Å². The van der Waals surface area contributed by atoms with E-state index in [1.807, 2.05) is 52.3 Å². The van der Waals surface area contributed by atoms with Gasteiger partial charge in [0.2, 0.25) is 11.8 Å². The molecule has 0 unspecified atom stereocenters. The highest BCUT2D eigenvalue weighted by molar-refractivity contribution is 5.80. The third kappa shape index (κ3) is 5.90. The summed E-state index contributed by atoms with van der Waals surface area (Å²) in [5.41, 5.74) is 1.98. The second-order valence-electron chi connectivity index (χ2n) is 7.48. The molecule has 0 bridgehead atoms. The van der Waals surface area contributed by atoms with Crippen LogP contribution in [0.1, 0.15) is 17.5 Å². The van der Waals surface area contributed by atoms with E-state index in [-0.39, 0.29) is 11.8 Å². The first-order chi connectivity index (χ1) is 15.0. The van der Waals surface area contributed by atoms with Gasteiger partial charge in [0, 0.05) is 32.6 Å². The zero-order valence-electron chi connectivity index (χ0n) is 18.4. The Morgan fingerprint density at radius 1 is 0.742 bits per heavy atom. The van der Waals surface area contributed by atoms with Crippen molar-refractivity contribution in [3.05, 3.63) is 53.6 Å². The van der Waals surface area contributed by atoms with Crippen molar-refractivity contribution in [2.24, 2.45) is 0 Å². The molecule has 1 fully saturated rings. The van der Waals surface area contributed by atoms with E-state index in [0.29, 0.717) is 56.9 Å². The van der Waals surface area contributed by atoms with E-state index in [0.717, 1.165) is 16.9 Å². The van der Waals surface area contributed by atoms with Crippen LogP contribution in [0.25, 0.3) is 0 Å². The van der Waals surface area contributed by atoms with E-state index in [2.05, 4.69) is 0 Å². The maximum absolute atomic E-state index is 12.6. The molecule has 0 saturated carbocycles. The summed E-state index contributed by atoms with van der Waals surface area (Å²) in [6.07, 6.45) is 1.42. The summed E-state index contributed by atoms with van der Waals surface area (Å²) in [5, 5.41) is 0. The topological polar surface area (TPSA) is 68.3 Å². The van der Waals surface area contributed by atoms with Gasteiger partial charge in [-0.25, -0.2) is 0 Å². The molecule has 2 aromatic rings. The maximum atomic E-state index is 12.6. The van der Waals surface area contributed by atoms with E-state index in [9.17, 15) is 9.59 Å². The predicted molar refractivity (Wildman–Crippen MR) is 118 cm³/mol. The van der Waals surface area contributed by atoms with Crippen molar-refractivity contribution in [1.82, 2.24) is 9.80 Å². The summed E-state index contributed by atoms with van der Waals surface area (Å²) < 4.78 is 15.7. The molecule has 31 heavy (non-hydrogen) atoms. The molecule has 166 valence electrons. The number of nitrogens with zero attached hydrogens (tertiary/aromatic N) is 2. The number of carbonyl (C=O) groups excluding carboxylic acids is 2. The molecule has 2 aromatic carbocycles. The van der Waals surface area contributed by atoms with Crippen LogP contribution in [0.2, 0.25) is 0 Å². The Balaban J connectivity index is 1.45. The first-order valence-electron chi connectivity index (χ1n) is 10.4. The number of ether oxygens (including phenoxy) is 3. The van der Waals surface area contributed by atoms with Gasteiger partial charge in [0.15, 0.2) is 11.5 Å². The molecule has 0 N–H and O–H groups in total. The molecule has 1 heterocycles. The molecule has 0 radical (unpaired) electrons. The third-order valence-electron chi connectivity index (χ3n) is 5.57. The van der Waals surface area contributed by atoms with Crippen LogP contribution in [-0.2, 0) is 22.4 Å². The standard InChI is InChI=1S/C24H30N2O5/c1-29-20-8-4-19(5-9-20)17-24(28)26-14-12-25(13-15-26)23(27)11-7-18-6-10-21(30-2)22(16-18)31-3/h4-6,8-10,16H,7,11-15,17H2,1-3H3. The molecular weight excluding hydrogens is 396 g/mol. The van der Waals surface area contributed by atoms with Gasteiger partial charge in [-0.1, -0.05) is 18.2 Å². The number of benzene rings is 2. The molecule has 7 nitrogen and oxygen atoms in total. The van der Waals surface area contributed by atoms with Gasteiger partial charge in [-0.05, 0) is 41.8 Å². The molecule has 0 spiro atoms. The Hall–Kier alpha value is -3.22. The number of hydrogen-bond acceptors (Lipinski definition) is 5. The van der Waals surface area contributed by atoms with Gasteiger partial charge in [0.25, 0.3) is 0 Å². The van der Waals surface area contributed by atoms with Gasteiger partial charge >= 0.3 is 0 Å². The quantitative estimate of drug-likeness (QED) is 0.649. The van der Waals surface area contributed by atoms with Crippen LogP contribution in [0.4, 0.5) is 0 Å². The first-order valence-corrected chi connectivity index (χ1v) is 10.4. The Kier molecular flexibility index (Phi) is 7.76. The Morgan fingerprint density at radius 2 is 1.32 bits per heavy atom. The fraction of sp³-hybridized carbons (Fsp3) is 0.417. The highest BCUT2D eigenvalue weighted by Gasteiger charge is 2.24. The lowest BCUT2D eigenvalue weighted by Crippen LogP contribution is -2.51. The number of methoxy groups -OCH3 is 3. The van der Waals surface area contributed by atoms with E-state index in [1.54, 1.807) is 21.3 Å². The minimum atomic E-state index is 0.0857. The van der Waals surface area contributed by atoms with Crippen LogP contribution in [0.15, 0.2) is 42.5 Å². The molecule has 3 rings (SSSR count). The summed E-state index contributed by atoms with van der Waals surface area (Å²) in [4.78, 5) is 28.9. The molecule has 2 amide bonds. The number of aryl methyl sites for hydroxylation is 1. The number of piperazine rings is 1. The summed E-state index contributed by atoms with van der Waals surface area (Å²) in [6.45, 7) is 2.27. The van der Waals surface area contributed by atoms with E-state index < -0.39 is 0 Å². The Labute approximate surface area is 183 Å². The van der Waals surface area contributed by atoms with Crippen molar-refractivity contribution in [2.75, 3.05) is 47.5 Å². The zero-order chi connectivity index (χ0) is 22.2. The van der Waals surface area contributed by atoms with Gasteiger partial charge in [-0.15, -0.1) is 0 Å². The lowest BCUT2D eigenvalue weighted by molar-refractivity contribution is -0.139. The van der Waals surface area contributed by atoms with Gasteiger partial charge < -0.3 is 24.0 Å². The van der Waals surface area contributed by atoms with Crippen LogP contribution in [0, 0.1) is 0 Å². The summed E-state index contributed by atoms with van der Waals surface area (Å²) >= 11 is 0. The van der Waals surface area contributed by atoms with E-state index in [4.69, 9.17) is 14.2 Å². The normalized spacial score (nSPS) is 13.6. The van der Waals surface area contributed by atoms with Crippen molar-refractivity contribution >= 4 is 11.8 Å². The molecule has 0 aliphatic carbocycles. The second kappa shape index (κ2) is 10.7. The van der Waals surface area contributed by atoms with Crippen molar-refractivity contribution in [1.29, 1.82) is 0 Å². The Bertz CT molecular complexity index is 889. The lowest BCUT2D eigenvalue weighted by atomic mass is 10.1. The fourth-order valence-corrected chi connectivity index (χ4v) is 3.68. The van der Waals surface area contributed by atoms with Gasteiger partial charge in [-0.2, -0.15) is 0 Å². The van der Waals surface area contributed by atoms with Crippen molar-refractivity contribution in [3.63, 3.8) is 0 Å². The SMILES string of the molecule is COc1ccc(CC(=O)N2CCN(C(=O)CCc3ccc(OC)c(OC)c3)CC2)cc1. The number of rotatable bonds is 8. The predicted octanol–water partition coefficient (Wildman–Crippen LogP) is 2.56. The fourth-order valence-electron chi connectivity index (χ4n) is 3.68. The molecular formula is C24H30N2O5. The summed E-state index contributed by atoms with van der Waals surface area (Å²) in [6, 6.07) is 13.2. The van der Waals surface area contributed by atoms with Crippen LogP contribution >= 0.6 is 0 Å². The van der Waals surface area contributed by atoms with Crippen LogP contribution in [0.5, 0.6) is 17.2 Å². The minimum absolute atomic E-state index is 0.0857. The number of amides is 2. The second-order valence-corrected chi connectivity index (χ2v) is 7.48. The average molecular weight is 427 g/mol. The van der Waals surface area contributed by atoms with E-state index in [1.165, 1.54) is 0 Å². The van der Waals surface area contributed by atoms with Crippen molar-refractivity contribution in [2.45, 2.75) is 19.3 Å². The highest BCUT2D eigenvalue weighted by Crippen LogP contribution is 2.28. The average Bonchev–Trinajstić information content (AvgIpc) is 2.82. The first kappa shape index (κ1) is 22.5. The summed E-state index contributed by atoms with van der Waals surface area (Å²) in [5.74, 6) is 2.31. The van der Waals surface area contributed by atoms with Crippen LogP contribution in [0.3, 0.4) is 0 Å². The third-order valence-corrected chi connectivity index (χ3v) is 5.57. The minimum Gasteiger partial charge on any atom is -0.497 e. The van der Waals surface area contributed by atoms with Crippen LogP contribution < -0.4 is 14.2 Å². The zero-order valence-corrected chi connectivity index (χ0v) is 18.4. The van der Waals surface area contributed by atoms with Gasteiger partial charge in [-0.3, -0.25) is 9.59 Å². The molecule has 7 heteroatoms. The molecule has 0 atom stereocenters. The monoisotopic (exact) mass is 426 g/mol. The van der Waals surface area contributed by atoms with Crippen LogP contribution in [-0.4, -0.2) is 69.1 Å². The number of carbonyl (C=O) groups is 2.